The Morgan fingerprint density at radius 2 is 1.75 bits per heavy atom. The fourth-order valence-corrected chi connectivity index (χ4v) is 6.05. The zero-order valence-corrected chi connectivity index (χ0v) is 26.9. The molecule has 1 aliphatic heterocycles. The third-order valence-electron chi connectivity index (χ3n) is 7.11. The first kappa shape index (κ1) is 36.4. The molecule has 2 N–H and O–H groups in total. The van der Waals surface area contributed by atoms with Crippen LogP contribution in [-0.2, 0) is 16.1 Å². The van der Waals surface area contributed by atoms with E-state index in [1.54, 1.807) is 25.7 Å². The number of thiazole rings is 1. The van der Waals surface area contributed by atoms with Crippen molar-refractivity contribution in [3.05, 3.63) is 41.7 Å². The molecule has 4 rings (SSSR count). The van der Waals surface area contributed by atoms with Gasteiger partial charge in [0.2, 0.25) is 0 Å². The molecule has 0 aliphatic carbocycles. The summed E-state index contributed by atoms with van der Waals surface area (Å²) in [6, 6.07) is 2.28. The van der Waals surface area contributed by atoms with Crippen LogP contribution in [0.5, 0.6) is 0 Å². The molecular weight excluding hydrogens is 675 g/mol. The van der Waals surface area contributed by atoms with Crippen molar-refractivity contribution in [1.82, 2.24) is 19.7 Å². The van der Waals surface area contributed by atoms with E-state index in [0.717, 1.165) is 36.1 Å². The lowest BCUT2D eigenvalue weighted by molar-refractivity contribution is -0.186. The van der Waals surface area contributed by atoms with E-state index in [4.69, 9.17) is 4.74 Å². The van der Waals surface area contributed by atoms with E-state index in [-0.39, 0.29) is 53.9 Å². The van der Waals surface area contributed by atoms with Crippen molar-refractivity contribution in [3.8, 4) is 10.6 Å². The number of ether oxygens (including phenoxy) is 1. The molecule has 19 heteroatoms. The topological polar surface area (TPSA) is 122 Å². The summed E-state index contributed by atoms with van der Waals surface area (Å²) < 4.78 is 102. The average molecular weight is 708 g/mol. The first-order chi connectivity index (χ1) is 22.4. The van der Waals surface area contributed by atoms with Gasteiger partial charge in [-0.05, 0) is 52.2 Å². The zero-order chi connectivity index (χ0) is 35.6. The summed E-state index contributed by atoms with van der Waals surface area (Å²) in [5.41, 5.74) is -2.09. The average Bonchev–Trinajstić information content (AvgIpc) is 3.45. The van der Waals surface area contributed by atoms with Crippen molar-refractivity contribution in [3.63, 3.8) is 0 Å². The predicted molar refractivity (Wildman–Crippen MR) is 162 cm³/mol. The Labute approximate surface area is 274 Å². The molecule has 3 aromatic rings. The van der Waals surface area contributed by atoms with Gasteiger partial charge < -0.3 is 19.9 Å². The summed E-state index contributed by atoms with van der Waals surface area (Å²) in [7, 11) is 1.04. The van der Waals surface area contributed by atoms with Crippen LogP contribution in [0.4, 0.5) is 52.0 Å². The van der Waals surface area contributed by atoms with Crippen molar-refractivity contribution in [2.45, 2.75) is 70.8 Å². The standard InChI is InChI=1S/C29H32F7N7O4S/c1-28(2,3)47-27(46)40-24-21(39-23(48-24)20-16(30)8-5-9-17(20)31)22(44)38-18-13-37-43(14-19(32)33)25(18)42-11-6-7-15(10-12-42)41(4)26(45)29(34,35)36/h5,8-9,13,15,19H,6-7,10-12,14H2,1-4H3,(H,38,44)(H,40,46)/t15-/m1/s1. The van der Waals surface area contributed by atoms with Gasteiger partial charge in [0.1, 0.15) is 39.5 Å². The number of nitrogens with zero attached hydrogens (tertiary/aromatic N) is 5. The number of halogens is 7. The first-order valence-corrected chi connectivity index (χ1v) is 15.4. The Bertz CT molecular complexity index is 1630. The van der Waals surface area contributed by atoms with Crippen molar-refractivity contribution in [1.29, 1.82) is 0 Å². The van der Waals surface area contributed by atoms with E-state index in [2.05, 4.69) is 20.7 Å². The number of hydrogen-bond acceptors (Lipinski definition) is 8. The van der Waals surface area contributed by atoms with Crippen molar-refractivity contribution >= 4 is 45.8 Å². The zero-order valence-electron chi connectivity index (χ0n) is 26.1. The van der Waals surface area contributed by atoms with Crippen LogP contribution in [0.15, 0.2) is 24.4 Å². The molecule has 0 saturated carbocycles. The number of benzene rings is 1. The monoisotopic (exact) mass is 707 g/mol. The molecular formula is C29H32F7N7O4S. The number of rotatable bonds is 8. The lowest BCUT2D eigenvalue weighted by Gasteiger charge is -2.28. The number of carbonyl (C=O) groups is 3. The fraction of sp³-hybridized carbons (Fsp3) is 0.483. The van der Waals surface area contributed by atoms with Crippen LogP contribution in [0.25, 0.3) is 10.6 Å². The molecule has 48 heavy (non-hydrogen) atoms. The SMILES string of the molecule is CN(C(=O)C(F)(F)F)[C@@H]1CCCN(c2c(NC(=O)c3nc(-c4c(F)cccc4F)sc3NC(=O)OC(C)(C)C)cnn2CC(F)F)CC1. The third kappa shape index (κ3) is 8.73. The quantitative estimate of drug-likeness (QED) is 0.256. The number of amides is 3. The number of hydrogen-bond donors (Lipinski definition) is 2. The molecule has 1 aliphatic rings. The lowest BCUT2D eigenvalue weighted by Crippen LogP contribution is -2.45. The van der Waals surface area contributed by atoms with Gasteiger partial charge in [-0.1, -0.05) is 17.4 Å². The Balaban J connectivity index is 1.67. The van der Waals surface area contributed by atoms with Crippen molar-refractivity contribution in [2.24, 2.45) is 0 Å². The minimum atomic E-state index is -5.07. The number of carbonyl (C=O) groups excluding carboxylic acids is 3. The van der Waals surface area contributed by atoms with Crippen LogP contribution in [0.3, 0.4) is 0 Å². The van der Waals surface area contributed by atoms with Gasteiger partial charge in [0.25, 0.3) is 12.3 Å². The van der Waals surface area contributed by atoms with E-state index in [0.29, 0.717) is 16.2 Å². The number of alkyl halides is 5. The molecule has 0 bridgehead atoms. The largest absolute Gasteiger partial charge is 0.471 e. The number of aromatic nitrogens is 3. The van der Waals surface area contributed by atoms with Crippen LogP contribution >= 0.6 is 11.3 Å². The highest BCUT2D eigenvalue weighted by Crippen LogP contribution is 2.37. The van der Waals surface area contributed by atoms with Crippen molar-refractivity contribution < 1.29 is 49.9 Å². The maximum absolute atomic E-state index is 14.6. The van der Waals surface area contributed by atoms with E-state index in [1.807, 2.05) is 0 Å². The number of anilines is 3. The van der Waals surface area contributed by atoms with Crippen LogP contribution in [0.2, 0.25) is 0 Å². The molecule has 0 unspecified atom stereocenters. The van der Waals surface area contributed by atoms with Gasteiger partial charge in [0.05, 0.1) is 11.8 Å². The predicted octanol–water partition coefficient (Wildman–Crippen LogP) is 6.53. The molecule has 0 radical (unpaired) electrons. The Morgan fingerprint density at radius 3 is 2.35 bits per heavy atom. The first-order valence-electron chi connectivity index (χ1n) is 14.5. The van der Waals surface area contributed by atoms with Crippen LogP contribution < -0.4 is 15.5 Å². The smallest absolute Gasteiger partial charge is 0.444 e. The van der Waals surface area contributed by atoms with Gasteiger partial charge in [-0.15, -0.1) is 0 Å². The molecule has 0 spiro atoms. The summed E-state index contributed by atoms with van der Waals surface area (Å²) in [5.74, 6) is -4.99. The summed E-state index contributed by atoms with van der Waals surface area (Å²) in [6.45, 7) is 4.03. The van der Waals surface area contributed by atoms with E-state index in [1.165, 1.54) is 0 Å². The Morgan fingerprint density at radius 1 is 1.08 bits per heavy atom. The molecule has 1 fully saturated rings. The third-order valence-corrected chi connectivity index (χ3v) is 8.10. The van der Waals surface area contributed by atoms with Gasteiger partial charge >= 0.3 is 18.2 Å². The molecule has 1 saturated heterocycles. The Hall–Kier alpha value is -4.42. The van der Waals surface area contributed by atoms with E-state index >= 15 is 0 Å². The van der Waals surface area contributed by atoms with Gasteiger partial charge in [0.15, 0.2) is 11.5 Å². The van der Waals surface area contributed by atoms with E-state index in [9.17, 15) is 45.1 Å². The van der Waals surface area contributed by atoms with Gasteiger partial charge in [-0.2, -0.15) is 18.3 Å². The minimum Gasteiger partial charge on any atom is -0.444 e. The molecule has 2 aromatic heterocycles. The number of nitrogens with one attached hydrogen (secondary N) is 2. The van der Waals surface area contributed by atoms with Crippen molar-refractivity contribution in [2.75, 3.05) is 35.7 Å². The summed E-state index contributed by atoms with van der Waals surface area (Å²) in [5, 5.41) is 8.30. The maximum Gasteiger partial charge on any atom is 0.471 e. The minimum absolute atomic E-state index is 0.00588. The second-order valence-corrected chi connectivity index (χ2v) is 12.8. The van der Waals surface area contributed by atoms with Crippen LogP contribution in [0.1, 0.15) is 50.5 Å². The van der Waals surface area contributed by atoms with Gasteiger partial charge in [-0.25, -0.2) is 32.0 Å². The van der Waals surface area contributed by atoms with E-state index < -0.39 is 71.6 Å². The second-order valence-electron chi connectivity index (χ2n) is 11.8. The summed E-state index contributed by atoms with van der Waals surface area (Å²) in [4.78, 5) is 44.3. The van der Waals surface area contributed by atoms with Crippen LogP contribution in [-0.4, -0.2) is 82.0 Å². The van der Waals surface area contributed by atoms with Gasteiger partial charge in [0, 0.05) is 26.2 Å². The molecule has 1 aromatic carbocycles. The molecule has 11 nitrogen and oxygen atoms in total. The second kappa shape index (κ2) is 14.4. The fourth-order valence-electron chi connectivity index (χ4n) is 5.05. The van der Waals surface area contributed by atoms with Crippen LogP contribution in [0, 0.1) is 11.6 Å². The summed E-state index contributed by atoms with van der Waals surface area (Å²) >= 11 is 0.583. The molecule has 262 valence electrons. The Kier molecular flexibility index (Phi) is 10.9. The highest BCUT2D eigenvalue weighted by Gasteiger charge is 2.43. The highest BCUT2D eigenvalue weighted by molar-refractivity contribution is 7.19. The molecule has 3 heterocycles. The highest BCUT2D eigenvalue weighted by atomic mass is 32.1. The molecule has 3 amide bonds. The molecule has 1 atom stereocenters. The summed E-state index contributed by atoms with van der Waals surface area (Å²) in [6.07, 6.45) is -7.36. The lowest BCUT2D eigenvalue weighted by atomic mass is 10.1. The maximum atomic E-state index is 14.6. The normalized spacial score (nSPS) is 15.7. The van der Waals surface area contributed by atoms with Gasteiger partial charge in [-0.3, -0.25) is 14.9 Å².